The zero-order valence-corrected chi connectivity index (χ0v) is 11.8. The number of sulfonamides is 1. The van der Waals surface area contributed by atoms with Crippen molar-refractivity contribution in [1.29, 1.82) is 0 Å². The quantitative estimate of drug-likeness (QED) is 0.634. The fraction of sp³-hybridized carbons (Fsp3) is 0.500. The molecule has 0 amide bonds. The lowest BCUT2D eigenvalue weighted by atomic mass is 10.1. The van der Waals surface area contributed by atoms with Gasteiger partial charge in [-0.05, 0) is 25.8 Å². The number of halogens is 1. The van der Waals surface area contributed by atoms with Gasteiger partial charge in [0.15, 0.2) is 0 Å². The predicted octanol–water partition coefficient (Wildman–Crippen LogP) is 2.30. The van der Waals surface area contributed by atoms with Crippen LogP contribution < -0.4 is 0 Å². The van der Waals surface area contributed by atoms with E-state index in [1.165, 1.54) is 4.31 Å². The van der Waals surface area contributed by atoms with Crippen molar-refractivity contribution < 1.29 is 17.7 Å². The minimum absolute atomic E-state index is 0.146. The van der Waals surface area contributed by atoms with Gasteiger partial charge in [0.1, 0.15) is 0 Å². The van der Waals surface area contributed by atoms with Crippen LogP contribution in [0.5, 0.6) is 0 Å². The number of nitrogens with zero attached hydrogens (tertiary/aromatic N) is 2. The summed E-state index contributed by atoms with van der Waals surface area (Å²) in [5.41, 5.74) is -0.726. The average molecular weight is 302 g/mol. The van der Waals surface area contributed by atoms with Gasteiger partial charge in [-0.2, -0.15) is 8.70 Å². The van der Waals surface area contributed by atoms with Gasteiger partial charge < -0.3 is 0 Å². The maximum atomic E-state index is 13.6. The van der Waals surface area contributed by atoms with Gasteiger partial charge in [-0.15, -0.1) is 0 Å². The number of nitro groups is 1. The highest BCUT2D eigenvalue weighted by atomic mass is 32.2. The molecule has 0 spiro atoms. The van der Waals surface area contributed by atoms with Gasteiger partial charge in [0, 0.05) is 24.7 Å². The third kappa shape index (κ3) is 2.66. The molecule has 1 atom stereocenters. The van der Waals surface area contributed by atoms with E-state index in [0.29, 0.717) is 6.54 Å². The molecule has 1 saturated heterocycles. The van der Waals surface area contributed by atoms with Gasteiger partial charge in [0.25, 0.3) is 0 Å². The number of rotatable bonds is 3. The van der Waals surface area contributed by atoms with Crippen molar-refractivity contribution in [3.63, 3.8) is 0 Å². The van der Waals surface area contributed by atoms with E-state index in [1.54, 1.807) is 6.92 Å². The monoisotopic (exact) mass is 302 g/mol. The molecule has 0 aromatic heterocycles. The highest BCUT2D eigenvalue weighted by Gasteiger charge is 2.32. The van der Waals surface area contributed by atoms with Gasteiger partial charge in [0.05, 0.1) is 9.82 Å². The molecule has 1 aromatic carbocycles. The largest absolute Gasteiger partial charge is 0.304 e. The zero-order chi connectivity index (χ0) is 14.9. The first-order chi connectivity index (χ1) is 9.34. The summed E-state index contributed by atoms with van der Waals surface area (Å²) < 4.78 is 39.7. The van der Waals surface area contributed by atoms with Crippen molar-refractivity contribution >= 4 is 15.7 Å². The van der Waals surface area contributed by atoms with Gasteiger partial charge in [0.2, 0.25) is 15.8 Å². The summed E-state index contributed by atoms with van der Waals surface area (Å²) in [6, 6.07) is 2.54. The molecule has 1 fully saturated rings. The maximum absolute atomic E-state index is 13.6. The van der Waals surface area contributed by atoms with Crippen LogP contribution in [0, 0.1) is 15.9 Å². The van der Waals surface area contributed by atoms with Crippen molar-refractivity contribution in [1.82, 2.24) is 4.31 Å². The summed E-state index contributed by atoms with van der Waals surface area (Å²) in [7, 11) is -3.81. The van der Waals surface area contributed by atoms with E-state index < -0.39 is 26.5 Å². The lowest BCUT2D eigenvalue weighted by Gasteiger charge is -2.32. The minimum atomic E-state index is -3.81. The van der Waals surface area contributed by atoms with Crippen molar-refractivity contribution in [2.24, 2.45) is 0 Å². The van der Waals surface area contributed by atoms with E-state index in [-0.39, 0.29) is 10.9 Å². The molecule has 0 aliphatic carbocycles. The minimum Gasteiger partial charge on any atom is -0.258 e. The normalized spacial score (nSPS) is 20.8. The van der Waals surface area contributed by atoms with Crippen LogP contribution in [-0.2, 0) is 10.0 Å². The Balaban J connectivity index is 2.39. The van der Waals surface area contributed by atoms with Crippen molar-refractivity contribution in [3.05, 3.63) is 34.1 Å². The Morgan fingerprint density at radius 2 is 2.10 bits per heavy atom. The molecule has 2 rings (SSSR count). The molecule has 0 N–H and O–H groups in total. The summed E-state index contributed by atoms with van der Waals surface area (Å²) in [6.45, 7) is 2.20. The molecule has 0 saturated carbocycles. The van der Waals surface area contributed by atoms with Crippen LogP contribution in [0.2, 0.25) is 0 Å². The SMILES string of the molecule is CC1CCCCN1S(=O)(=O)c1ccc([N+](=O)[O-])c(F)c1. The molecular weight excluding hydrogens is 287 g/mol. The van der Waals surface area contributed by atoms with Gasteiger partial charge in [-0.25, -0.2) is 8.42 Å². The van der Waals surface area contributed by atoms with E-state index in [4.69, 9.17) is 0 Å². The zero-order valence-electron chi connectivity index (χ0n) is 11.0. The molecule has 1 heterocycles. The summed E-state index contributed by atoms with van der Waals surface area (Å²) >= 11 is 0. The van der Waals surface area contributed by atoms with Crippen molar-refractivity contribution in [2.75, 3.05) is 6.54 Å². The Labute approximate surface area is 116 Å². The van der Waals surface area contributed by atoms with Crippen LogP contribution >= 0.6 is 0 Å². The van der Waals surface area contributed by atoms with Gasteiger partial charge >= 0.3 is 5.69 Å². The summed E-state index contributed by atoms with van der Waals surface area (Å²) in [4.78, 5) is 9.42. The maximum Gasteiger partial charge on any atom is 0.304 e. The fourth-order valence-corrected chi connectivity index (χ4v) is 4.07. The van der Waals surface area contributed by atoms with Crippen LogP contribution in [0.4, 0.5) is 10.1 Å². The molecule has 6 nitrogen and oxygen atoms in total. The first kappa shape index (κ1) is 14.9. The second-order valence-corrected chi connectivity index (χ2v) is 6.72. The number of hydrogen-bond donors (Lipinski definition) is 0. The molecule has 0 radical (unpaired) electrons. The second-order valence-electron chi connectivity index (χ2n) is 4.83. The first-order valence-electron chi connectivity index (χ1n) is 6.30. The molecular formula is C12H15FN2O4S. The van der Waals surface area contributed by atoms with Gasteiger partial charge in [-0.3, -0.25) is 10.1 Å². The third-order valence-electron chi connectivity index (χ3n) is 3.46. The van der Waals surface area contributed by atoms with E-state index in [2.05, 4.69) is 0 Å². The van der Waals surface area contributed by atoms with E-state index in [1.807, 2.05) is 0 Å². The first-order valence-corrected chi connectivity index (χ1v) is 7.74. The Bertz CT molecular complexity index is 632. The Morgan fingerprint density at radius 1 is 1.40 bits per heavy atom. The van der Waals surface area contributed by atoms with Crippen LogP contribution in [0.25, 0.3) is 0 Å². The molecule has 1 aliphatic heterocycles. The standard InChI is InChI=1S/C12H15FN2O4S/c1-9-4-2-3-7-14(9)20(18,19)10-5-6-12(15(16)17)11(13)8-10/h5-6,8-9H,2-4,7H2,1H3. The molecule has 8 heteroatoms. The third-order valence-corrected chi connectivity index (χ3v) is 5.47. The fourth-order valence-electron chi connectivity index (χ4n) is 2.36. The van der Waals surface area contributed by atoms with Crippen LogP contribution in [-0.4, -0.2) is 30.2 Å². The number of nitro benzene ring substituents is 1. The van der Waals surface area contributed by atoms with E-state index >= 15 is 0 Å². The smallest absolute Gasteiger partial charge is 0.258 e. The van der Waals surface area contributed by atoms with Crippen LogP contribution in [0.15, 0.2) is 23.1 Å². The molecule has 1 aliphatic rings. The lowest BCUT2D eigenvalue weighted by molar-refractivity contribution is -0.387. The summed E-state index contributed by atoms with van der Waals surface area (Å²) in [5.74, 6) is -1.14. The molecule has 0 bridgehead atoms. The lowest BCUT2D eigenvalue weighted by Crippen LogP contribution is -2.41. The topological polar surface area (TPSA) is 80.5 Å². The number of benzene rings is 1. The van der Waals surface area contributed by atoms with Gasteiger partial charge in [-0.1, -0.05) is 6.42 Å². The predicted molar refractivity (Wildman–Crippen MR) is 70.3 cm³/mol. The molecule has 20 heavy (non-hydrogen) atoms. The highest BCUT2D eigenvalue weighted by Crippen LogP contribution is 2.27. The average Bonchev–Trinajstić information content (AvgIpc) is 2.38. The Kier molecular flexibility index (Phi) is 4.05. The van der Waals surface area contributed by atoms with E-state index in [9.17, 15) is 22.9 Å². The number of hydrogen-bond acceptors (Lipinski definition) is 4. The highest BCUT2D eigenvalue weighted by molar-refractivity contribution is 7.89. The molecule has 1 unspecified atom stereocenters. The Hall–Kier alpha value is -1.54. The molecule has 1 aromatic rings. The number of piperidine rings is 1. The van der Waals surface area contributed by atoms with Crippen LogP contribution in [0.3, 0.4) is 0 Å². The van der Waals surface area contributed by atoms with Crippen molar-refractivity contribution in [2.45, 2.75) is 37.1 Å². The van der Waals surface area contributed by atoms with Crippen LogP contribution in [0.1, 0.15) is 26.2 Å². The summed E-state index contributed by atoms with van der Waals surface area (Å²) in [6.07, 6.45) is 2.48. The van der Waals surface area contributed by atoms with Crippen molar-refractivity contribution in [3.8, 4) is 0 Å². The second kappa shape index (κ2) is 5.45. The Morgan fingerprint density at radius 3 is 2.65 bits per heavy atom. The summed E-state index contributed by atoms with van der Waals surface area (Å²) in [5, 5.41) is 10.5. The molecule has 110 valence electrons. The van der Waals surface area contributed by atoms with E-state index in [0.717, 1.165) is 37.5 Å².